The summed E-state index contributed by atoms with van der Waals surface area (Å²) < 4.78 is 1.78. The molecule has 0 saturated heterocycles. The van der Waals surface area contributed by atoms with E-state index in [1.165, 1.54) is 11.8 Å². The average Bonchev–Trinajstić information content (AvgIpc) is 3.09. The summed E-state index contributed by atoms with van der Waals surface area (Å²) in [6.07, 6.45) is 0. The molecule has 0 aliphatic rings. The van der Waals surface area contributed by atoms with Crippen molar-refractivity contribution in [2.45, 2.75) is 32.0 Å². The van der Waals surface area contributed by atoms with Crippen LogP contribution in [0.5, 0.6) is 0 Å². The molecule has 0 spiro atoms. The van der Waals surface area contributed by atoms with Crippen LogP contribution >= 0.6 is 23.4 Å². The zero-order chi connectivity index (χ0) is 22.5. The van der Waals surface area contributed by atoms with Gasteiger partial charge >= 0.3 is 0 Å². The molecule has 7 nitrogen and oxygen atoms in total. The third-order valence-corrected chi connectivity index (χ3v) is 6.10. The van der Waals surface area contributed by atoms with Crippen molar-refractivity contribution in [3.05, 3.63) is 70.0 Å². The molecule has 1 aromatic heterocycles. The number of hydrogen-bond acceptors (Lipinski definition) is 5. The third kappa shape index (κ3) is 5.86. The lowest BCUT2D eigenvalue weighted by Crippen LogP contribution is -2.28. The van der Waals surface area contributed by atoms with Gasteiger partial charge < -0.3 is 15.2 Å². The summed E-state index contributed by atoms with van der Waals surface area (Å²) >= 11 is 7.37. The fourth-order valence-corrected chi connectivity index (χ4v) is 3.86. The van der Waals surface area contributed by atoms with E-state index in [0.29, 0.717) is 27.3 Å². The molecule has 3 rings (SSSR count). The first-order valence-electron chi connectivity index (χ1n) is 9.70. The molecule has 0 radical (unpaired) electrons. The van der Waals surface area contributed by atoms with Crippen molar-refractivity contribution in [1.82, 2.24) is 20.1 Å². The van der Waals surface area contributed by atoms with E-state index in [9.17, 15) is 9.59 Å². The van der Waals surface area contributed by atoms with Crippen molar-refractivity contribution >= 4 is 40.9 Å². The van der Waals surface area contributed by atoms with Gasteiger partial charge in [0.25, 0.3) is 5.91 Å². The second-order valence-corrected chi connectivity index (χ2v) is 8.61. The van der Waals surface area contributed by atoms with Crippen LogP contribution in [-0.2, 0) is 11.8 Å². The Labute approximate surface area is 190 Å². The number of nitrogens with one attached hydrogen (secondary N) is 2. The quantitative estimate of drug-likeness (QED) is 0.516. The number of anilines is 1. The van der Waals surface area contributed by atoms with Gasteiger partial charge in [0.15, 0.2) is 11.0 Å². The standard InChI is InChI=1S/C22H24ClN5O2S/c1-13-6-5-7-16(10-13)21(30)24-15(3)20-26-27-22(28(20)4)31-12-19(29)25-17-9-8-14(2)18(23)11-17/h5-11,15H,12H2,1-4H3,(H,24,30)(H,25,29)/t15-/m0/s1. The minimum Gasteiger partial charge on any atom is -0.342 e. The maximum Gasteiger partial charge on any atom is 0.251 e. The smallest absolute Gasteiger partial charge is 0.251 e. The van der Waals surface area contributed by atoms with Crippen LogP contribution in [0.3, 0.4) is 0 Å². The minimum absolute atomic E-state index is 0.168. The van der Waals surface area contributed by atoms with Gasteiger partial charge in [-0.3, -0.25) is 9.59 Å². The Kier molecular flexibility index (Phi) is 7.35. The maximum atomic E-state index is 12.5. The van der Waals surface area contributed by atoms with Crippen LogP contribution in [0.1, 0.15) is 40.3 Å². The number of thioether (sulfide) groups is 1. The van der Waals surface area contributed by atoms with Crippen molar-refractivity contribution in [2.75, 3.05) is 11.1 Å². The highest BCUT2D eigenvalue weighted by Crippen LogP contribution is 2.22. The van der Waals surface area contributed by atoms with Crippen LogP contribution in [0.2, 0.25) is 5.02 Å². The van der Waals surface area contributed by atoms with E-state index in [0.717, 1.165) is 11.1 Å². The summed E-state index contributed by atoms with van der Waals surface area (Å²) in [5, 5.41) is 15.3. The molecule has 9 heteroatoms. The summed E-state index contributed by atoms with van der Waals surface area (Å²) in [4.78, 5) is 24.8. The lowest BCUT2D eigenvalue weighted by Gasteiger charge is -2.14. The zero-order valence-electron chi connectivity index (χ0n) is 17.8. The second-order valence-electron chi connectivity index (χ2n) is 7.27. The largest absolute Gasteiger partial charge is 0.342 e. The molecule has 2 amide bonds. The molecular formula is C22H24ClN5O2S. The first kappa shape index (κ1) is 22.8. The fourth-order valence-electron chi connectivity index (χ4n) is 2.96. The average molecular weight is 458 g/mol. The van der Waals surface area contributed by atoms with Gasteiger partial charge in [0.2, 0.25) is 5.91 Å². The molecule has 0 saturated carbocycles. The number of halogens is 1. The summed E-state index contributed by atoms with van der Waals surface area (Å²) in [6, 6.07) is 12.4. The summed E-state index contributed by atoms with van der Waals surface area (Å²) in [7, 11) is 1.81. The number of carbonyl (C=O) groups is 2. The fraction of sp³-hybridized carbons (Fsp3) is 0.273. The van der Waals surface area contributed by atoms with E-state index < -0.39 is 0 Å². The molecule has 162 valence electrons. The number of hydrogen-bond donors (Lipinski definition) is 2. The highest BCUT2D eigenvalue weighted by Gasteiger charge is 2.19. The normalized spacial score (nSPS) is 11.8. The zero-order valence-corrected chi connectivity index (χ0v) is 19.3. The minimum atomic E-state index is -0.344. The monoisotopic (exact) mass is 457 g/mol. The Morgan fingerprint density at radius 3 is 2.65 bits per heavy atom. The summed E-state index contributed by atoms with van der Waals surface area (Å²) in [5.74, 6) is 0.427. The number of benzene rings is 2. The molecule has 0 aliphatic carbocycles. The van der Waals surface area contributed by atoms with Gasteiger partial charge in [-0.15, -0.1) is 10.2 Å². The molecule has 1 atom stereocenters. The van der Waals surface area contributed by atoms with E-state index in [1.807, 2.05) is 58.2 Å². The second kappa shape index (κ2) is 9.98. The molecule has 2 N–H and O–H groups in total. The summed E-state index contributed by atoms with van der Waals surface area (Å²) in [5.41, 5.74) is 3.21. The molecule has 2 aromatic carbocycles. The molecule has 31 heavy (non-hydrogen) atoms. The first-order chi connectivity index (χ1) is 14.7. The number of aromatic nitrogens is 3. The highest BCUT2D eigenvalue weighted by molar-refractivity contribution is 7.99. The van der Waals surface area contributed by atoms with Crippen molar-refractivity contribution in [1.29, 1.82) is 0 Å². The molecule has 1 heterocycles. The van der Waals surface area contributed by atoms with Gasteiger partial charge in [-0.05, 0) is 50.6 Å². The number of carbonyl (C=O) groups excluding carboxylic acids is 2. The topological polar surface area (TPSA) is 88.9 Å². The summed E-state index contributed by atoms with van der Waals surface area (Å²) in [6.45, 7) is 5.69. The predicted octanol–water partition coefficient (Wildman–Crippen LogP) is 4.31. The van der Waals surface area contributed by atoms with Crippen LogP contribution in [0.4, 0.5) is 5.69 Å². The van der Waals surface area contributed by atoms with Gasteiger partial charge in [0.05, 0.1) is 11.8 Å². The van der Waals surface area contributed by atoms with E-state index in [2.05, 4.69) is 20.8 Å². The Hall–Kier alpha value is -2.84. The van der Waals surface area contributed by atoms with Gasteiger partial charge in [-0.2, -0.15) is 0 Å². The van der Waals surface area contributed by atoms with Crippen molar-refractivity contribution in [3.63, 3.8) is 0 Å². The predicted molar refractivity (Wildman–Crippen MR) is 124 cm³/mol. The SMILES string of the molecule is Cc1cccc(C(=O)N[C@@H](C)c2nnc(SCC(=O)Nc3ccc(C)c(Cl)c3)n2C)c1. The van der Waals surface area contributed by atoms with E-state index in [4.69, 9.17) is 11.6 Å². The van der Waals surface area contributed by atoms with Crippen LogP contribution < -0.4 is 10.6 Å². The Morgan fingerprint density at radius 2 is 1.94 bits per heavy atom. The number of amides is 2. The molecule has 0 aliphatic heterocycles. The van der Waals surface area contributed by atoms with Gasteiger partial charge in [0, 0.05) is 23.3 Å². The molecule has 3 aromatic rings. The van der Waals surface area contributed by atoms with Crippen LogP contribution in [0, 0.1) is 13.8 Å². The van der Waals surface area contributed by atoms with Crippen molar-refractivity contribution in [2.24, 2.45) is 7.05 Å². The lowest BCUT2D eigenvalue weighted by molar-refractivity contribution is -0.113. The number of nitrogens with zero attached hydrogens (tertiary/aromatic N) is 3. The molecule has 0 unspecified atom stereocenters. The van der Waals surface area contributed by atoms with E-state index in [-0.39, 0.29) is 23.6 Å². The third-order valence-electron chi connectivity index (χ3n) is 4.67. The van der Waals surface area contributed by atoms with Gasteiger partial charge in [-0.1, -0.05) is 47.1 Å². The van der Waals surface area contributed by atoms with Crippen molar-refractivity contribution in [3.8, 4) is 0 Å². The molecule has 0 fully saturated rings. The maximum absolute atomic E-state index is 12.5. The Balaban J connectivity index is 1.58. The van der Waals surface area contributed by atoms with Crippen molar-refractivity contribution < 1.29 is 9.59 Å². The number of aryl methyl sites for hydroxylation is 2. The molecule has 0 bridgehead atoms. The van der Waals surface area contributed by atoms with Crippen LogP contribution in [0.15, 0.2) is 47.6 Å². The number of rotatable bonds is 7. The first-order valence-corrected chi connectivity index (χ1v) is 11.1. The highest BCUT2D eigenvalue weighted by atomic mass is 35.5. The van der Waals surface area contributed by atoms with Crippen LogP contribution in [-0.4, -0.2) is 32.3 Å². The molecular weight excluding hydrogens is 434 g/mol. The van der Waals surface area contributed by atoms with Gasteiger partial charge in [-0.25, -0.2) is 0 Å². The lowest BCUT2D eigenvalue weighted by atomic mass is 10.1. The van der Waals surface area contributed by atoms with E-state index in [1.54, 1.807) is 16.7 Å². The van der Waals surface area contributed by atoms with Crippen LogP contribution in [0.25, 0.3) is 0 Å². The van der Waals surface area contributed by atoms with E-state index >= 15 is 0 Å². The Bertz CT molecular complexity index is 1120. The van der Waals surface area contributed by atoms with Gasteiger partial charge in [0.1, 0.15) is 0 Å². The Morgan fingerprint density at radius 1 is 1.16 bits per heavy atom.